The maximum Gasteiger partial charge on any atom is 0.251 e. The summed E-state index contributed by atoms with van der Waals surface area (Å²) >= 11 is 0. The van der Waals surface area contributed by atoms with Crippen LogP contribution in [0.15, 0.2) is 30.3 Å². The van der Waals surface area contributed by atoms with E-state index in [0.29, 0.717) is 6.04 Å². The van der Waals surface area contributed by atoms with Gasteiger partial charge in [-0.1, -0.05) is 24.6 Å². The Kier molecular flexibility index (Phi) is 4.15. The van der Waals surface area contributed by atoms with E-state index in [-0.39, 0.29) is 11.9 Å². The van der Waals surface area contributed by atoms with Crippen LogP contribution < -0.4 is 10.6 Å². The molecule has 3 heteroatoms. The number of carbonyl (C=O) groups excluding carboxylic acids is 1. The molecule has 1 aliphatic heterocycles. The van der Waals surface area contributed by atoms with Crippen LogP contribution in [0.5, 0.6) is 0 Å². The van der Waals surface area contributed by atoms with Crippen molar-refractivity contribution < 1.29 is 4.79 Å². The Balaban J connectivity index is 1.89. The molecule has 0 bridgehead atoms. The highest BCUT2D eigenvalue weighted by Gasteiger charge is 2.21. The molecule has 2 atom stereocenters. The van der Waals surface area contributed by atoms with E-state index >= 15 is 0 Å². The van der Waals surface area contributed by atoms with Gasteiger partial charge in [0.2, 0.25) is 0 Å². The van der Waals surface area contributed by atoms with Crippen LogP contribution in [-0.2, 0) is 0 Å². The van der Waals surface area contributed by atoms with Gasteiger partial charge in [-0.3, -0.25) is 4.79 Å². The van der Waals surface area contributed by atoms with E-state index in [1.165, 1.54) is 12.8 Å². The maximum absolute atomic E-state index is 12.0. The van der Waals surface area contributed by atoms with Crippen LogP contribution in [0.3, 0.4) is 0 Å². The zero-order chi connectivity index (χ0) is 12.1. The minimum absolute atomic E-state index is 0.0190. The summed E-state index contributed by atoms with van der Waals surface area (Å²) in [7, 11) is 0. The SMILES string of the molecule is CC(NC(=O)c1ccccc1)C1CCCCN1. The van der Waals surface area contributed by atoms with Crippen molar-refractivity contribution in [2.24, 2.45) is 0 Å². The molecule has 92 valence electrons. The van der Waals surface area contributed by atoms with Crippen LogP contribution in [-0.4, -0.2) is 24.5 Å². The summed E-state index contributed by atoms with van der Waals surface area (Å²) in [5, 5.41) is 6.53. The van der Waals surface area contributed by atoms with Gasteiger partial charge < -0.3 is 10.6 Å². The summed E-state index contributed by atoms with van der Waals surface area (Å²) in [5.41, 5.74) is 0.732. The second-order valence-corrected chi connectivity index (χ2v) is 4.68. The monoisotopic (exact) mass is 232 g/mol. The molecule has 17 heavy (non-hydrogen) atoms. The topological polar surface area (TPSA) is 41.1 Å². The fraction of sp³-hybridized carbons (Fsp3) is 0.500. The lowest BCUT2D eigenvalue weighted by molar-refractivity contribution is 0.0928. The number of benzene rings is 1. The Morgan fingerprint density at radius 2 is 2.12 bits per heavy atom. The van der Waals surface area contributed by atoms with Crippen molar-refractivity contribution in [3.63, 3.8) is 0 Å². The minimum Gasteiger partial charge on any atom is -0.348 e. The molecule has 0 aromatic heterocycles. The molecule has 2 N–H and O–H groups in total. The summed E-state index contributed by atoms with van der Waals surface area (Å²) in [6.45, 7) is 3.14. The Morgan fingerprint density at radius 1 is 1.35 bits per heavy atom. The van der Waals surface area contributed by atoms with E-state index in [2.05, 4.69) is 17.6 Å². The summed E-state index contributed by atoms with van der Waals surface area (Å²) < 4.78 is 0. The van der Waals surface area contributed by atoms with Crippen LogP contribution >= 0.6 is 0 Å². The molecule has 1 aliphatic rings. The van der Waals surface area contributed by atoms with Crippen LogP contribution in [0, 0.1) is 0 Å². The van der Waals surface area contributed by atoms with Gasteiger partial charge in [0.1, 0.15) is 0 Å². The lowest BCUT2D eigenvalue weighted by Gasteiger charge is -2.29. The third kappa shape index (κ3) is 3.30. The van der Waals surface area contributed by atoms with Crippen molar-refractivity contribution in [2.45, 2.75) is 38.3 Å². The number of rotatable bonds is 3. The first-order chi connectivity index (χ1) is 8.27. The average Bonchev–Trinajstić information content (AvgIpc) is 2.40. The number of nitrogens with one attached hydrogen (secondary N) is 2. The highest BCUT2D eigenvalue weighted by atomic mass is 16.1. The molecule has 3 nitrogen and oxygen atoms in total. The third-order valence-electron chi connectivity index (χ3n) is 3.35. The largest absolute Gasteiger partial charge is 0.348 e. The summed E-state index contributed by atoms with van der Waals surface area (Å²) in [5.74, 6) is 0.0190. The highest BCUT2D eigenvalue weighted by Crippen LogP contribution is 2.10. The van der Waals surface area contributed by atoms with Gasteiger partial charge >= 0.3 is 0 Å². The molecule has 1 aromatic carbocycles. The van der Waals surface area contributed by atoms with Crippen molar-refractivity contribution in [3.8, 4) is 0 Å². The van der Waals surface area contributed by atoms with Gasteiger partial charge in [0.05, 0.1) is 0 Å². The number of carbonyl (C=O) groups is 1. The zero-order valence-corrected chi connectivity index (χ0v) is 10.3. The predicted molar refractivity (Wildman–Crippen MR) is 69.0 cm³/mol. The predicted octanol–water partition coefficient (Wildman–Crippen LogP) is 1.95. The second kappa shape index (κ2) is 5.82. The number of hydrogen-bond donors (Lipinski definition) is 2. The molecule has 0 aliphatic carbocycles. The van der Waals surface area contributed by atoms with Crippen LogP contribution in [0.2, 0.25) is 0 Å². The number of amides is 1. The van der Waals surface area contributed by atoms with Crippen molar-refractivity contribution in [2.75, 3.05) is 6.54 Å². The Bertz CT molecular complexity index is 358. The molecule has 1 heterocycles. The van der Waals surface area contributed by atoms with Crippen molar-refractivity contribution in [3.05, 3.63) is 35.9 Å². The first-order valence-corrected chi connectivity index (χ1v) is 6.36. The van der Waals surface area contributed by atoms with E-state index < -0.39 is 0 Å². The molecule has 1 aromatic rings. The van der Waals surface area contributed by atoms with Gasteiger partial charge in [0.25, 0.3) is 5.91 Å². The Hall–Kier alpha value is -1.35. The van der Waals surface area contributed by atoms with Crippen molar-refractivity contribution in [1.29, 1.82) is 0 Å². The fourth-order valence-corrected chi connectivity index (χ4v) is 2.29. The van der Waals surface area contributed by atoms with Crippen LogP contribution in [0.25, 0.3) is 0 Å². The van der Waals surface area contributed by atoms with Gasteiger partial charge in [-0.05, 0) is 38.4 Å². The molecule has 2 rings (SSSR count). The molecule has 0 spiro atoms. The minimum atomic E-state index is 0.0190. The van der Waals surface area contributed by atoms with E-state index in [4.69, 9.17) is 0 Å². The number of hydrogen-bond acceptors (Lipinski definition) is 2. The molecular weight excluding hydrogens is 212 g/mol. The smallest absolute Gasteiger partial charge is 0.251 e. The fourth-order valence-electron chi connectivity index (χ4n) is 2.29. The summed E-state index contributed by atoms with van der Waals surface area (Å²) in [6.07, 6.45) is 3.65. The van der Waals surface area contributed by atoms with E-state index in [1.807, 2.05) is 30.3 Å². The molecule has 1 saturated heterocycles. The average molecular weight is 232 g/mol. The Morgan fingerprint density at radius 3 is 2.76 bits per heavy atom. The molecule has 1 amide bonds. The molecule has 0 saturated carbocycles. The van der Waals surface area contributed by atoms with Gasteiger partial charge in [0, 0.05) is 17.6 Å². The normalized spacial score (nSPS) is 21.8. The molecule has 0 radical (unpaired) electrons. The lowest BCUT2D eigenvalue weighted by atomic mass is 9.99. The first kappa shape index (κ1) is 12.1. The standard InChI is InChI=1S/C14H20N2O/c1-11(13-9-5-6-10-15-13)16-14(17)12-7-3-2-4-8-12/h2-4,7-8,11,13,15H,5-6,9-10H2,1H3,(H,16,17). The van der Waals surface area contributed by atoms with E-state index in [1.54, 1.807) is 0 Å². The van der Waals surface area contributed by atoms with Crippen LogP contribution in [0.1, 0.15) is 36.5 Å². The zero-order valence-electron chi connectivity index (χ0n) is 10.3. The van der Waals surface area contributed by atoms with Gasteiger partial charge in [-0.15, -0.1) is 0 Å². The van der Waals surface area contributed by atoms with Gasteiger partial charge in [-0.2, -0.15) is 0 Å². The third-order valence-corrected chi connectivity index (χ3v) is 3.35. The lowest BCUT2D eigenvalue weighted by Crippen LogP contribution is -2.50. The van der Waals surface area contributed by atoms with Crippen molar-refractivity contribution in [1.82, 2.24) is 10.6 Å². The summed E-state index contributed by atoms with van der Waals surface area (Å²) in [4.78, 5) is 12.0. The quantitative estimate of drug-likeness (QED) is 0.836. The summed E-state index contributed by atoms with van der Waals surface area (Å²) in [6, 6.07) is 9.98. The molecule has 2 unspecified atom stereocenters. The highest BCUT2D eigenvalue weighted by molar-refractivity contribution is 5.94. The van der Waals surface area contributed by atoms with Crippen molar-refractivity contribution >= 4 is 5.91 Å². The van der Waals surface area contributed by atoms with E-state index in [9.17, 15) is 4.79 Å². The maximum atomic E-state index is 12.0. The first-order valence-electron chi connectivity index (χ1n) is 6.36. The molecule has 1 fully saturated rings. The van der Waals surface area contributed by atoms with E-state index in [0.717, 1.165) is 18.5 Å². The van der Waals surface area contributed by atoms with Gasteiger partial charge in [-0.25, -0.2) is 0 Å². The molecular formula is C14H20N2O. The van der Waals surface area contributed by atoms with Crippen LogP contribution in [0.4, 0.5) is 0 Å². The number of piperidine rings is 1. The Labute approximate surface area is 103 Å². The van der Waals surface area contributed by atoms with Gasteiger partial charge in [0.15, 0.2) is 0 Å². The second-order valence-electron chi connectivity index (χ2n) is 4.68.